The molecule has 0 N–H and O–H groups in total. The molecule has 27 heavy (non-hydrogen) atoms. The average molecular weight is 450 g/mol. The minimum atomic E-state index is -0.370. The standard InChI is InChI=1S/C21H24BrNO3S/c1-14-6-5-7-15(2)23(14)19(24)12-26-20(25)13-27-18-11-10-16-8-3-4-9-17(16)21(18)22/h3-4,8-11,14-15H,5-7,12-13H2,1-2H3/t14-,15-/m0/s1. The Morgan fingerprint density at radius 2 is 1.85 bits per heavy atom. The maximum atomic E-state index is 12.4. The van der Waals surface area contributed by atoms with Crippen molar-refractivity contribution in [3.63, 3.8) is 0 Å². The van der Waals surface area contributed by atoms with Gasteiger partial charge >= 0.3 is 5.97 Å². The molecule has 0 unspecified atom stereocenters. The number of ether oxygens (including phenoxy) is 1. The summed E-state index contributed by atoms with van der Waals surface area (Å²) in [5, 5.41) is 2.26. The molecule has 0 saturated carbocycles. The van der Waals surface area contributed by atoms with Gasteiger partial charge in [0, 0.05) is 21.5 Å². The highest BCUT2D eigenvalue weighted by Crippen LogP contribution is 2.34. The predicted octanol–water partition coefficient (Wildman–Crippen LogP) is 5.03. The largest absolute Gasteiger partial charge is 0.455 e. The van der Waals surface area contributed by atoms with Crippen molar-refractivity contribution in [2.24, 2.45) is 0 Å². The number of carbonyl (C=O) groups is 2. The van der Waals surface area contributed by atoms with Gasteiger partial charge in [-0.3, -0.25) is 9.59 Å². The molecule has 144 valence electrons. The van der Waals surface area contributed by atoms with Crippen molar-refractivity contribution in [1.82, 2.24) is 4.90 Å². The molecule has 2 aromatic carbocycles. The quantitative estimate of drug-likeness (QED) is 0.474. The number of hydrogen-bond acceptors (Lipinski definition) is 4. The molecule has 4 nitrogen and oxygen atoms in total. The summed E-state index contributed by atoms with van der Waals surface area (Å²) in [6, 6.07) is 12.5. The first-order valence-corrected chi connectivity index (χ1v) is 11.0. The Morgan fingerprint density at radius 1 is 1.15 bits per heavy atom. The Kier molecular flexibility index (Phi) is 6.82. The fourth-order valence-electron chi connectivity index (χ4n) is 3.63. The van der Waals surface area contributed by atoms with Crippen LogP contribution in [0.1, 0.15) is 33.1 Å². The molecule has 6 heteroatoms. The summed E-state index contributed by atoms with van der Waals surface area (Å²) in [6.07, 6.45) is 3.16. The van der Waals surface area contributed by atoms with Gasteiger partial charge in [0.1, 0.15) is 0 Å². The Bertz CT molecular complexity index is 831. The molecule has 2 aromatic rings. The molecule has 1 aliphatic rings. The second-order valence-corrected chi connectivity index (χ2v) is 8.79. The van der Waals surface area contributed by atoms with Gasteiger partial charge in [0.25, 0.3) is 5.91 Å². The van der Waals surface area contributed by atoms with Crippen molar-refractivity contribution in [2.75, 3.05) is 12.4 Å². The lowest BCUT2D eigenvalue weighted by Crippen LogP contribution is -2.49. The second kappa shape index (κ2) is 9.11. The zero-order valence-corrected chi connectivity index (χ0v) is 18.0. The molecule has 1 amide bonds. The van der Waals surface area contributed by atoms with Crippen LogP contribution in [0.5, 0.6) is 0 Å². The van der Waals surface area contributed by atoms with E-state index in [1.54, 1.807) is 0 Å². The summed E-state index contributed by atoms with van der Waals surface area (Å²) >= 11 is 5.04. The lowest BCUT2D eigenvalue weighted by molar-refractivity contribution is -0.153. The van der Waals surface area contributed by atoms with Crippen molar-refractivity contribution in [2.45, 2.75) is 50.1 Å². The van der Waals surface area contributed by atoms with Gasteiger partial charge in [0.15, 0.2) is 6.61 Å². The number of piperidine rings is 1. The summed E-state index contributed by atoms with van der Waals surface area (Å²) in [7, 11) is 0. The van der Waals surface area contributed by atoms with Crippen LogP contribution >= 0.6 is 27.7 Å². The van der Waals surface area contributed by atoms with E-state index < -0.39 is 0 Å². The molecule has 0 aromatic heterocycles. The van der Waals surface area contributed by atoms with E-state index in [0.29, 0.717) is 0 Å². The number of nitrogens with zero attached hydrogens (tertiary/aromatic N) is 1. The van der Waals surface area contributed by atoms with Crippen LogP contribution in [-0.4, -0.2) is 41.2 Å². The minimum absolute atomic E-state index is 0.0973. The highest BCUT2D eigenvalue weighted by molar-refractivity contribution is 9.10. The van der Waals surface area contributed by atoms with Gasteiger partial charge in [-0.15, -0.1) is 11.8 Å². The molecule has 1 saturated heterocycles. The van der Waals surface area contributed by atoms with E-state index in [1.807, 2.05) is 35.2 Å². The first-order chi connectivity index (χ1) is 13.0. The van der Waals surface area contributed by atoms with Crippen LogP contribution in [0.2, 0.25) is 0 Å². The van der Waals surface area contributed by atoms with E-state index in [9.17, 15) is 9.59 Å². The van der Waals surface area contributed by atoms with Gasteiger partial charge in [0.2, 0.25) is 0 Å². The highest BCUT2D eigenvalue weighted by Gasteiger charge is 2.29. The van der Waals surface area contributed by atoms with Crippen molar-refractivity contribution in [3.8, 4) is 0 Å². The number of amides is 1. The summed E-state index contributed by atoms with van der Waals surface area (Å²) in [5.74, 6) is -0.291. The van der Waals surface area contributed by atoms with Gasteiger partial charge in [-0.1, -0.05) is 30.3 Å². The summed E-state index contributed by atoms with van der Waals surface area (Å²) in [6.45, 7) is 3.94. The Hall–Kier alpha value is -1.53. The summed E-state index contributed by atoms with van der Waals surface area (Å²) < 4.78 is 6.21. The third-order valence-corrected chi connectivity index (χ3v) is 7.16. The number of likely N-dealkylation sites (tertiary alicyclic amines) is 1. The first kappa shape index (κ1) is 20.2. The average Bonchev–Trinajstić information content (AvgIpc) is 2.66. The molecule has 1 fully saturated rings. The van der Waals surface area contributed by atoms with E-state index in [4.69, 9.17) is 4.74 Å². The molecule has 0 bridgehead atoms. The number of rotatable bonds is 5. The van der Waals surface area contributed by atoms with E-state index in [2.05, 4.69) is 35.8 Å². The van der Waals surface area contributed by atoms with E-state index in [1.165, 1.54) is 11.8 Å². The SMILES string of the molecule is C[C@H]1CCC[C@H](C)N1C(=O)COC(=O)CSc1ccc2ccccc2c1Br. The maximum absolute atomic E-state index is 12.4. The lowest BCUT2D eigenvalue weighted by Gasteiger charge is -2.38. The predicted molar refractivity (Wildman–Crippen MR) is 113 cm³/mol. The second-order valence-electron chi connectivity index (χ2n) is 6.98. The molecular weight excluding hydrogens is 426 g/mol. The summed E-state index contributed by atoms with van der Waals surface area (Å²) in [5.41, 5.74) is 0. The van der Waals surface area contributed by atoms with Crippen molar-refractivity contribution >= 4 is 50.3 Å². The van der Waals surface area contributed by atoms with Crippen LogP contribution in [0, 0.1) is 0 Å². The van der Waals surface area contributed by atoms with Crippen LogP contribution in [-0.2, 0) is 14.3 Å². The Morgan fingerprint density at radius 3 is 2.59 bits per heavy atom. The number of benzene rings is 2. The first-order valence-electron chi connectivity index (χ1n) is 9.24. The normalized spacial score (nSPS) is 19.9. The monoisotopic (exact) mass is 449 g/mol. The van der Waals surface area contributed by atoms with Crippen molar-refractivity contribution in [3.05, 3.63) is 40.9 Å². The van der Waals surface area contributed by atoms with Crippen LogP contribution in [0.25, 0.3) is 10.8 Å². The number of esters is 1. The number of carbonyl (C=O) groups excluding carboxylic acids is 2. The van der Waals surface area contributed by atoms with Gasteiger partial charge in [0.05, 0.1) is 5.75 Å². The third-order valence-electron chi connectivity index (χ3n) is 5.01. The van der Waals surface area contributed by atoms with Crippen molar-refractivity contribution < 1.29 is 14.3 Å². The van der Waals surface area contributed by atoms with Gasteiger partial charge in [-0.2, -0.15) is 0 Å². The number of hydrogen-bond donors (Lipinski definition) is 0. The van der Waals surface area contributed by atoms with Crippen LogP contribution in [0.15, 0.2) is 45.8 Å². The minimum Gasteiger partial charge on any atom is -0.455 e. The van der Waals surface area contributed by atoms with Gasteiger partial charge < -0.3 is 9.64 Å². The Labute approximate surface area is 172 Å². The van der Waals surface area contributed by atoms with Gasteiger partial charge in [-0.05, 0) is 65.9 Å². The lowest BCUT2D eigenvalue weighted by atomic mass is 9.97. The fourth-order valence-corrected chi connectivity index (χ4v) is 5.23. The van der Waals surface area contributed by atoms with E-state index in [0.717, 1.165) is 39.4 Å². The molecule has 0 aliphatic carbocycles. The molecule has 1 aliphatic heterocycles. The molecule has 3 rings (SSSR count). The molecule has 2 atom stereocenters. The van der Waals surface area contributed by atoms with Crippen molar-refractivity contribution in [1.29, 1.82) is 0 Å². The number of thioether (sulfide) groups is 1. The van der Waals surface area contributed by atoms with Crippen LogP contribution < -0.4 is 0 Å². The molecular formula is C21H24BrNO3S. The van der Waals surface area contributed by atoms with Gasteiger partial charge in [-0.25, -0.2) is 0 Å². The topological polar surface area (TPSA) is 46.6 Å². The number of halogens is 1. The molecule has 0 radical (unpaired) electrons. The zero-order valence-electron chi connectivity index (χ0n) is 15.6. The molecule has 0 spiro atoms. The Balaban J connectivity index is 1.53. The smallest absolute Gasteiger partial charge is 0.316 e. The zero-order chi connectivity index (χ0) is 19.4. The summed E-state index contributed by atoms with van der Waals surface area (Å²) in [4.78, 5) is 27.4. The van der Waals surface area contributed by atoms with Crippen LogP contribution in [0.3, 0.4) is 0 Å². The highest BCUT2D eigenvalue weighted by atomic mass is 79.9. The van der Waals surface area contributed by atoms with E-state index in [-0.39, 0.29) is 36.3 Å². The molecule has 1 heterocycles. The maximum Gasteiger partial charge on any atom is 0.316 e. The fraction of sp³-hybridized carbons (Fsp3) is 0.429. The number of fused-ring (bicyclic) bond motifs is 1. The van der Waals surface area contributed by atoms with E-state index >= 15 is 0 Å². The van der Waals surface area contributed by atoms with Crippen LogP contribution in [0.4, 0.5) is 0 Å². The third kappa shape index (κ3) is 4.85.